The number of rotatable bonds is 1. The van der Waals surface area contributed by atoms with Crippen LogP contribution in [-0.2, 0) is 6.54 Å². The van der Waals surface area contributed by atoms with Crippen LogP contribution in [0.2, 0.25) is 0 Å². The van der Waals surface area contributed by atoms with Crippen molar-refractivity contribution in [1.82, 2.24) is 14.8 Å². The van der Waals surface area contributed by atoms with Gasteiger partial charge in [-0.25, -0.2) is 9.67 Å². The lowest BCUT2D eigenvalue weighted by Gasteiger charge is -2.17. The Kier molecular flexibility index (Phi) is 2.74. The summed E-state index contributed by atoms with van der Waals surface area (Å²) >= 11 is 3.48. The van der Waals surface area contributed by atoms with E-state index < -0.39 is 0 Å². The van der Waals surface area contributed by atoms with Crippen LogP contribution in [-0.4, -0.2) is 14.8 Å². The molecule has 0 radical (unpaired) electrons. The van der Waals surface area contributed by atoms with E-state index in [1.165, 1.54) is 12.8 Å². The molecule has 0 aliphatic carbocycles. The van der Waals surface area contributed by atoms with Crippen molar-refractivity contribution in [2.75, 3.05) is 0 Å². The molecule has 2 aromatic rings. The van der Waals surface area contributed by atoms with Crippen LogP contribution in [0.5, 0.6) is 0 Å². The van der Waals surface area contributed by atoms with Gasteiger partial charge in [-0.15, -0.1) is 0 Å². The van der Waals surface area contributed by atoms with Gasteiger partial charge in [0.15, 0.2) is 5.82 Å². The second-order valence-electron chi connectivity index (χ2n) is 4.57. The van der Waals surface area contributed by atoms with Crippen LogP contribution in [0.15, 0.2) is 28.7 Å². The Balaban J connectivity index is 2.05. The molecule has 1 atom stereocenters. The van der Waals surface area contributed by atoms with Crippen molar-refractivity contribution in [2.24, 2.45) is 0 Å². The summed E-state index contributed by atoms with van der Waals surface area (Å²) in [6, 6.07) is 8.15. The fraction of sp³-hybridized carbons (Fsp3) is 0.385. The number of hydrogen-bond donors (Lipinski definition) is 0. The Morgan fingerprint density at radius 2 is 2.29 bits per heavy atom. The maximum Gasteiger partial charge on any atom is 0.181 e. The lowest BCUT2D eigenvalue weighted by Crippen LogP contribution is -2.14. The van der Waals surface area contributed by atoms with Crippen LogP contribution in [0, 0.1) is 0 Å². The number of benzene rings is 1. The van der Waals surface area contributed by atoms with Gasteiger partial charge in [0.2, 0.25) is 0 Å². The van der Waals surface area contributed by atoms with Crippen molar-refractivity contribution in [3.05, 3.63) is 34.6 Å². The van der Waals surface area contributed by atoms with Crippen LogP contribution in [0.3, 0.4) is 0 Å². The summed E-state index contributed by atoms with van der Waals surface area (Å²) < 4.78 is 3.13. The topological polar surface area (TPSA) is 30.7 Å². The highest BCUT2D eigenvalue weighted by atomic mass is 79.9. The Labute approximate surface area is 109 Å². The standard InChI is InChI=1S/C13H14BrN3/c1-9-4-3-7-17-13(9)15-12(16-17)10-5-2-6-11(14)8-10/h2,5-6,8-9H,3-4,7H2,1H3. The Hall–Kier alpha value is -1.16. The highest BCUT2D eigenvalue weighted by molar-refractivity contribution is 9.10. The lowest BCUT2D eigenvalue weighted by atomic mass is 10.0. The molecule has 2 heterocycles. The van der Waals surface area contributed by atoms with Crippen molar-refractivity contribution in [2.45, 2.75) is 32.2 Å². The predicted octanol–water partition coefficient (Wildman–Crippen LogP) is 3.60. The first-order valence-electron chi connectivity index (χ1n) is 5.95. The quantitative estimate of drug-likeness (QED) is 0.804. The summed E-state index contributed by atoms with van der Waals surface area (Å²) in [7, 11) is 0. The molecule has 1 unspecified atom stereocenters. The molecule has 17 heavy (non-hydrogen) atoms. The van der Waals surface area contributed by atoms with Crippen LogP contribution in [0.25, 0.3) is 11.4 Å². The summed E-state index contributed by atoms with van der Waals surface area (Å²) in [5.41, 5.74) is 1.08. The second-order valence-corrected chi connectivity index (χ2v) is 5.49. The summed E-state index contributed by atoms with van der Waals surface area (Å²) in [4.78, 5) is 4.67. The van der Waals surface area contributed by atoms with Gasteiger partial charge in [0, 0.05) is 22.5 Å². The third-order valence-corrected chi connectivity index (χ3v) is 3.72. The molecular weight excluding hydrogens is 278 g/mol. The minimum atomic E-state index is 0.525. The Bertz CT molecular complexity index is 547. The average molecular weight is 292 g/mol. The minimum absolute atomic E-state index is 0.525. The molecule has 0 spiro atoms. The monoisotopic (exact) mass is 291 g/mol. The van der Waals surface area contributed by atoms with Crippen molar-refractivity contribution < 1.29 is 0 Å². The van der Waals surface area contributed by atoms with Crippen molar-refractivity contribution in [3.63, 3.8) is 0 Å². The zero-order valence-electron chi connectivity index (χ0n) is 9.73. The van der Waals surface area contributed by atoms with E-state index in [0.29, 0.717) is 5.92 Å². The molecule has 0 saturated carbocycles. The molecule has 1 aromatic carbocycles. The van der Waals surface area contributed by atoms with E-state index in [-0.39, 0.29) is 0 Å². The number of hydrogen-bond acceptors (Lipinski definition) is 2. The SMILES string of the molecule is CC1CCCn2nc(-c3cccc(Br)c3)nc21. The average Bonchev–Trinajstić information content (AvgIpc) is 2.74. The number of aromatic nitrogens is 3. The molecule has 88 valence electrons. The molecule has 1 aliphatic heterocycles. The number of fused-ring (bicyclic) bond motifs is 1. The van der Waals surface area contributed by atoms with E-state index in [4.69, 9.17) is 0 Å². The molecule has 1 aliphatic rings. The lowest BCUT2D eigenvalue weighted by molar-refractivity contribution is 0.432. The van der Waals surface area contributed by atoms with Gasteiger partial charge < -0.3 is 0 Å². The van der Waals surface area contributed by atoms with Crippen LogP contribution >= 0.6 is 15.9 Å². The first kappa shape index (κ1) is 11.0. The summed E-state index contributed by atoms with van der Waals surface area (Å²) in [6.45, 7) is 3.23. The van der Waals surface area contributed by atoms with E-state index in [0.717, 1.165) is 28.2 Å². The van der Waals surface area contributed by atoms with Gasteiger partial charge in [0.25, 0.3) is 0 Å². The van der Waals surface area contributed by atoms with Crippen molar-refractivity contribution in [3.8, 4) is 11.4 Å². The Morgan fingerprint density at radius 3 is 3.06 bits per heavy atom. The Morgan fingerprint density at radius 1 is 1.41 bits per heavy atom. The summed E-state index contributed by atoms with van der Waals surface area (Å²) in [6.07, 6.45) is 2.42. The van der Waals surface area contributed by atoms with Crippen molar-refractivity contribution in [1.29, 1.82) is 0 Å². The zero-order chi connectivity index (χ0) is 11.8. The largest absolute Gasteiger partial charge is 0.249 e. The minimum Gasteiger partial charge on any atom is -0.249 e. The molecule has 0 N–H and O–H groups in total. The molecule has 0 saturated heterocycles. The normalized spacial score (nSPS) is 19.1. The smallest absolute Gasteiger partial charge is 0.181 e. The van der Waals surface area contributed by atoms with Gasteiger partial charge >= 0.3 is 0 Å². The van der Waals surface area contributed by atoms with E-state index in [9.17, 15) is 0 Å². The molecule has 0 amide bonds. The number of aryl methyl sites for hydroxylation is 1. The molecule has 0 fully saturated rings. The van der Waals surface area contributed by atoms with Gasteiger partial charge in [-0.1, -0.05) is 35.0 Å². The maximum atomic E-state index is 4.67. The third kappa shape index (κ3) is 2.02. The first-order valence-corrected chi connectivity index (χ1v) is 6.74. The van der Waals surface area contributed by atoms with E-state index in [1.807, 2.05) is 12.1 Å². The summed E-state index contributed by atoms with van der Waals surface area (Å²) in [5, 5.41) is 4.60. The van der Waals surface area contributed by atoms with Gasteiger partial charge in [-0.2, -0.15) is 5.10 Å². The van der Waals surface area contributed by atoms with Gasteiger partial charge in [-0.05, 0) is 25.0 Å². The number of halogens is 1. The van der Waals surface area contributed by atoms with Crippen LogP contribution in [0.4, 0.5) is 0 Å². The molecular formula is C13H14BrN3. The maximum absolute atomic E-state index is 4.67. The zero-order valence-corrected chi connectivity index (χ0v) is 11.3. The predicted molar refractivity (Wildman–Crippen MR) is 70.8 cm³/mol. The van der Waals surface area contributed by atoms with E-state index in [2.05, 4.69) is 49.8 Å². The fourth-order valence-corrected chi connectivity index (χ4v) is 2.71. The van der Waals surface area contributed by atoms with Gasteiger partial charge in [0.1, 0.15) is 5.82 Å². The highest BCUT2D eigenvalue weighted by Crippen LogP contribution is 2.28. The number of nitrogens with zero attached hydrogens (tertiary/aromatic N) is 3. The van der Waals surface area contributed by atoms with E-state index in [1.54, 1.807) is 0 Å². The molecule has 0 bridgehead atoms. The fourth-order valence-electron chi connectivity index (χ4n) is 2.31. The van der Waals surface area contributed by atoms with Gasteiger partial charge in [0.05, 0.1) is 0 Å². The molecule has 3 nitrogen and oxygen atoms in total. The molecule has 4 heteroatoms. The second kappa shape index (κ2) is 4.26. The first-order chi connectivity index (χ1) is 8.24. The van der Waals surface area contributed by atoms with E-state index >= 15 is 0 Å². The molecule has 1 aromatic heterocycles. The van der Waals surface area contributed by atoms with Crippen molar-refractivity contribution >= 4 is 15.9 Å². The van der Waals surface area contributed by atoms with Crippen LogP contribution in [0.1, 0.15) is 31.5 Å². The highest BCUT2D eigenvalue weighted by Gasteiger charge is 2.20. The summed E-state index contributed by atoms with van der Waals surface area (Å²) in [5.74, 6) is 2.50. The van der Waals surface area contributed by atoms with Crippen LogP contribution < -0.4 is 0 Å². The third-order valence-electron chi connectivity index (χ3n) is 3.23. The van der Waals surface area contributed by atoms with Gasteiger partial charge in [-0.3, -0.25) is 0 Å². The molecule has 3 rings (SSSR count).